The van der Waals surface area contributed by atoms with E-state index in [9.17, 15) is 14.7 Å². The van der Waals surface area contributed by atoms with Crippen LogP contribution in [0.15, 0.2) is 47.0 Å². The van der Waals surface area contributed by atoms with Gasteiger partial charge in [-0.15, -0.1) is 0 Å². The lowest BCUT2D eigenvalue weighted by atomic mass is 10.00. The van der Waals surface area contributed by atoms with E-state index in [4.69, 9.17) is 18.7 Å². The Morgan fingerprint density at radius 2 is 1.87 bits per heavy atom. The minimum atomic E-state index is -1.28. The van der Waals surface area contributed by atoms with Gasteiger partial charge in [0.1, 0.15) is 11.4 Å². The van der Waals surface area contributed by atoms with Crippen LogP contribution >= 0.6 is 0 Å². The molecule has 1 aromatic heterocycles. The minimum Gasteiger partial charge on any atom is -0.497 e. The van der Waals surface area contributed by atoms with Crippen LogP contribution in [0.25, 0.3) is 11.3 Å². The van der Waals surface area contributed by atoms with Gasteiger partial charge in [-0.1, -0.05) is 5.16 Å². The third kappa shape index (κ3) is 3.52. The number of carboxylic acids is 1. The Kier molecular flexibility index (Phi) is 5.01. The summed E-state index contributed by atoms with van der Waals surface area (Å²) in [5.41, 5.74) is 1.58. The molecule has 2 heterocycles. The Balaban J connectivity index is 1.63. The van der Waals surface area contributed by atoms with Crippen molar-refractivity contribution in [1.82, 2.24) is 10.5 Å². The first-order valence-electron chi connectivity index (χ1n) is 9.05. The van der Waals surface area contributed by atoms with E-state index >= 15 is 0 Å². The maximum atomic E-state index is 12.7. The maximum absolute atomic E-state index is 12.7. The Bertz CT molecular complexity index is 1110. The average molecular weight is 410 g/mol. The lowest BCUT2D eigenvalue weighted by Gasteiger charge is -2.15. The molecule has 2 aromatic carbocycles. The number of ether oxygens (including phenoxy) is 3. The van der Waals surface area contributed by atoms with Gasteiger partial charge >= 0.3 is 5.97 Å². The lowest BCUT2D eigenvalue weighted by molar-refractivity contribution is 0.0648. The number of nitrogens with one attached hydrogen (secondary N) is 1. The lowest BCUT2D eigenvalue weighted by Crippen LogP contribution is -2.27. The molecule has 0 aliphatic carbocycles. The summed E-state index contributed by atoms with van der Waals surface area (Å²) in [6, 6.07) is 11.0. The Morgan fingerprint density at radius 1 is 1.13 bits per heavy atom. The molecule has 154 valence electrons. The van der Waals surface area contributed by atoms with Crippen LogP contribution in [-0.2, 0) is 0 Å². The summed E-state index contributed by atoms with van der Waals surface area (Å²) in [6.45, 7) is 1.77. The largest absolute Gasteiger partial charge is 0.497 e. The van der Waals surface area contributed by atoms with Crippen molar-refractivity contribution < 1.29 is 33.4 Å². The van der Waals surface area contributed by atoms with E-state index in [1.807, 2.05) is 0 Å². The molecular formula is C21H18N2O7. The number of carbonyl (C=O) groups is 2. The molecule has 0 saturated carbocycles. The average Bonchev–Trinajstić information content (AvgIpc) is 3.40. The standard InChI is InChI=1S/C21H18N2O7/c1-11(22-20(24)13-5-8-15-16(9-13)29-10-28-15)17-18(23-30-19(17)21(25)26)12-3-6-14(27-2)7-4-12/h3-9,11H,10H2,1-2H3,(H,22,24)(H,25,26). The summed E-state index contributed by atoms with van der Waals surface area (Å²) >= 11 is 0. The summed E-state index contributed by atoms with van der Waals surface area (Å²) < 4.78 is 20.8. The van der Waals surface area contributed by atoms with Gasteiger partial charge in [0.25, 0.3) is 5.91 Å². The van der Waals surface area contributed by atoms with Crippen LogP contribution in [-0.4, -0.2) is 36.0 Å². The highest BCUT2D eigenvalue weighted by molar-refractivity contribution is 5.96. The topological polar surface area (TPSA) is 120 Å². The number of aromatic carboxylic acids is 1. The summed E-state index contributed by atoms with van der Waals surface area (Å²) in [6.07, 6.45) is 0. The summed E-state index contributed by atoms with van der Waals surface area (Å²) in [7, 11) is 1.55. The van der Waals surface area contributed by atoms with Crippen molar-refractivity contribution in [1.29, 1.82) is 0 Å². The van der Waals surface area contributed by atoms with E-state index in [0.29, 0.717) is 34.1 Å². The fourth-order valence-electron chi connectivity index (χ4n) is 3.20. The van der Waals surface area contributed by atoms with Crippen LogP contribution in [0, 0.1) is 0 Å². The zero-order valence-electron chi connectivity index (χ0n) is 16.2. The van der Waals surface area contributed by atoms with Crippen molar-refractivity contribution in [2.24, 2.45) is 0 Å². The van der Waals surface area contributed by atoms with E-state index in [1.54, 1.807) is 56.5 Å². The van der Waals surface area contributed by atoms with Crippen molar-refractivity contribution >= 4 is 11.9 Å². The highest BCUT2D eigenvalue weighted by Crippen LogP contribution is 2.34. The molecule has 3 aromatic rings. The SMILES string of the molecule is COc1ccc(-c2noc(C(=O)O)c2C(C)NC(=O)c2ccc3c(c2)OCO3)cc1. The molecule has 1 atom stereocenters. The molecule has 9 nitrogen and oxygen atoms in total. The Labute approximate surface area is 171 Å². The monoisotopic (exact) mass is 410 g/mol. The van der Waals surface area contributed by atoms with Gasteiger partial charge in [-0.3, -0.25) is 4.79 Å². The van der Waals surface area contributed by atoms with Gasteiger partial charge in [-0.25, -0.2) is 4.79 Å². The Hall–Kier alpha value is -4.01. The second-order valence-electron chi connectivity index (χ2n) is 6.57. The smallest absolute Gasteiger partial charge is 0.375 e. The van der Waals surface area contributed by atoms with Crippen LogP contribution in [0.2, 0.25) is 0 Å². The number of amides is 1. The molecule has 1 aliphatic heterocycles. The molecule has 1 unspecified atom stereocenters. The quantitative estimate of drug-likeness (QED) is 0.635. The minimum absolute atomic E-state index is 0.102. The molecule has 1 amide bonds. The van der Waals surface area contributed by atoms with Crippen LogP contribution in [0.5, 0.6) is 17.2 Å². The second kappa shape index (κ2) is 7.78. The Morgan fingerprint density at radius 3 is 2.57 bits per heavy atom. The van der Waals surface area contributed by atoms with Crippen molar-refractivity contribution in [3.8, 4) is 28.5 Å². The van der Waals surface area contributed by atoms with E-state index in [-0.39, 0.29) is 18.1 Å². The molecule has 9 heteroatoms. The zero-order chi connectivity index (χ0) is 21.3. The fourth-order valence-corrected chi connectivity index (χ4v) is 3.20. The zero-order valence-corrected chi connectivity index (χ0v) is 16.2. The van der Waals surface area contributed by atoms with Crippen LogP contribution < -0.4 is 19.5 Å². The van der Waals surface area contributed by atoms with Crippen molar-refractivity contribution in [2.45, 2.75) is 13.0 Å². The third-order valence-electron chi connectivity index (χ3n) is 4.70. The van der Waals surface area contributed by atoms with Crippen LogP contribution in [0.4, 0.5) is 0 Å². The molecule has 2 N–H and O–H groups in total. The van der Waals surface area contributed by atoms with Gasteiger partial charge in [0.2, 0.25) is 12.6 Å². The number of nitrogens with zero attached hydrogens (tertiary/aromatic N) is 1. The number of carbonyl (C=O) groups excluding carboxylic acids is 1. The molecule has 0 bridgehead atoms. The molecule has 0 saturated heterocycles. The molecule has 1 aliphatic rings. The first kappa shape index (κ1) is 19.3. The van der Waals surface area contributed by atoms with Gasteiger partial charge in [0.05, 0.1) is 18.7 Å². The number of methoxy groups -OCH3 is 1. The number of hydrogen-bond acceptors (Lipinski definition) is 7. The van der Waals surface area contributed by atoms with E-state index in [2.05, 4.69) is 10.5 Å². The predicted molar refractivity (Wildman–Crippen MR) is 104 cm³/mol. The van der Waals surface area contributed by atoms with Gasteiger partial charge in [0, 0.05) is 11.1 Å². The first-order valence-corrected chi connectivity index (χ1v) is 9.05. The number of rotatable bonds is 6. The molecule has 0 spiro atoms. The fraction of sp³-hybridized carbons (Fsp3) is 0.190. The van der Waals surface area contributed by atoms with Gasteiger partial charge in [-0.05, 0) is 49.4 Å². The molecule has 0 radical (unpaired) electrons. The number of fused-ring (bicyclic) bond motifs is 1. The van der Waals surface area contributed by atoms with Crippen molar-refractivity contribution in [2.75, 3.05) is 13.9 Å². The van der Waals surface area contributed by atoms with Crippen molar-refractivity contribution in [3.05, 3.63) is 59.4 Å². The first-order chi connectivity index (χ1) is 14.5. The molecule has 4 rings (SSSR count). The summed E-state index contributed by atoms with van der Waals surface area (Å²) in [5.74, 6) is -0.329. The second-order valence-corrected chi connectivity index (χ2v) is 6.57. The molecule has 30 heavy (non-hydrogen) atoms. The number of hydrogen-bond donors (Lipinski definition) is 2. The third-order valence-corrected chi connectivity index (χ3v) is 4.70. The van der Waals surface area contributed by atoms with Crippen LogP contribution in [0.3, 0.4) is 0 Å². The molecular weight excluding hydrogens is 392 g/mol. The van der Waals surface area contributed by atoms with Gasteiger partial charge < -0.3 is 29.2 Å². The van der Waals surface area contributed by atoms with E-state index < -0.39 is 17.9 Å². The molecule has 0 fully saturated rings. The van der Waals surface area contributed by atoms with E-state index in [0.717, 1.165) is 0 Å². The van der Waals surface area contributed by atoms with Gasteiger partial charge in [-0.2, -0.15) is 0 Å². The maximum Gasteiger partial charge on any atom is 0.375 e. The van der Waals surface area contributed by atoms with Gasteiger partial charge in [0.15, 0.2) is 11.5 Å². The summed E-state index contributed by atoms with van der Waals surface area (Å²) in [5, 5.41) is 16.2. The summed E-state index contributed by atoms with van der Waals surface area (Å²) in [4.78, 5) is 24.4. The number of aromatic nitrogens is 1. The highest BCUT2D eigenvalue weighted by atomic mass is 16.7. The van der Waals surface area contributed by atoms with Crippen LogP contribution in [0.1, 0.15) is 39.4 Å². The normalized spacial score (nSPS) is 13.0. The number of carboxylic acid groups (broad SMARTS) is 1. The highest BCUT2D eigenvalue weighted by Gasteiger charge is 2.28. The van der Waals surface area contributed by atoms with Crippen molar-refractivity contribution in [3.63, 3.8) is 0 Å². The van der Waals surface area contributed by atoms with E-state index in [1.165, 1.54) is 0 Å². The predicted octanol–water partition coefficient (Wildman–Crippen LogP) is 3.27. The number of benzene rings is 2.